The van der Waals surface area contributed by atoms with E-state index >= 15 is 0 Å². The van der Waals surface area contributed by atoms with Gasteiger partial charge >= 0.3 is 5.97 Å². The summed E-state index contributed by atoms with van der Waals surface area (Å²) in [5.41, 5.74) is 1.43. The van der Waals surface area contributed by atoms with Gasteiger partial charge in [-0.2, -0.15) is 0 Å². The molecule has 2 aromatic carbocycles. The average Bonchev–Trinajstić information content (AvgIpc) is 2.46. The molecule has 2 aromatic rings. The van der Waals surface area contributed by atoms with E-state index < -0.39 is 0 Å². The molecular formula is C15H12BrClO3. The van der Waals surface area contributed by atoms with Gasteiger partial charge in [-0.05, 0) is 36.4 Å². The van der Waals surface area contributed by atoms with Crippen LogP contribution in [0.4, 0.5) is 0 Å². The second-order valence-electron chi connectivity index (χ2n) is 4.04. The van der Waals surface area contributed by atoms with Crippen LogP contribution in [0.5, 0.6) is 5.75 Å². The summed E-state index contributed by atoms with van der Waals surface area (Å²) in [6.07, 6.45) is 0. The molecule has 0 amide bonds. The summed E-state index contributed by atoms with van der Waals surface area (Å²) in [6, 6.07) is 12.4. The highest BCUT2D eigenvalue weighted by atomic mass is 79.9. The lowest BCUT2D eigenvalue weighted by Gasteiger charge is -2.09. The van der Waals surface area contributed by atoms with E-state index in [4.69, 9.17) is 16.3 Å². The second-order valence-corrected chi connectivity index (χ2v) is 5.33. The van der Waals surface area contributed by atoms with E-state index in [1.165, 1.54) is 7.11 Å². The molecule has 0 heterocycles. The summed E-state index contributed by atoms with van der Waals surface area (Å²) in [5.74, 6) is 0.370. The molecule has 2 rings (SSSR count). The first-order valence-corrected chi connectivity index (χ1v) is 7.02. The Hall–Kier alpha value is -1.52. The highest BCUT2D eigenvalue weighted by Crippen LogP contribution is 2.22. The van der Waals surface area contributed by atoms with Crippen molar-refractivity contribution in [3.8, 4) is 5.75 Å². The standard InChI is InChI=1S/C15H12BrClO3/c1-19-15(18)10-2-3-11(14(16)8-10)9-20-13-6-4-12(17)5-7-13/h2-8H,9H2,1H3. The maximum atomic E-state index is 11.4. The van der Waals surface area contributed by atoms with Crippen molar-refractivity contribution in [2.75, 3.05) is 7.11 Å². The van der Waals surface area contributed by atoms with Crippen molar-refractivity contribution in [2.24, 2.45) is 0 Å². The predicted octanol–water partition coefficient (Wildman–Crippen LogP) is 4.47. The molecule has 0 saturated carbocycles. The van der Waals surface area contributed by atoms with E-state index in [-0.39, 0.29) is 5.97 Å². The SMILES string of the molecule is COC(=O)c1ccc(COc2ccc(Cl)cc2)c(Br)c1. The summed E-state index contributed by atoms with van der Waals surface area (Å²) in [6.45, 7) is 0.393. The minimum Gasteiger partial charge on any atom is -0.489 e. The summed E-state index contributed by atoms with van der Waals surface area (Å²) in [5, 5.41) is 0.668. The van der Waals surface area contributed by atoms with Gasteiger partial charge in [0.2, 0.25) is 0 Å². The van der Waals surface area contributed by atoms with E-state index in [9.17, 15) is 4.79 Å². The Bertz CT molecular complexity index is 611. The van der Waals surface area contributed by atoms with Crippen molar-refractivity contribution in [3.05, 3.63) is 63.1 Å². The van der Waals surface area contributed by atoms with Gasteiger partial charge in [0.15, 0.2) is 0 Å². The summed E-state index contributed by atoms with van der Waals surface area (Å²) >= 11 is 9.23. The smallest absolute Gasteiger partial charge is 0.337 e. The minimum absolute atomic E-state index is 0.365. The largest absolute Gasteiger partial charge is 0.489 e. The van der Waals surface area contributed by atoms with Gasteiger partial charge in [0.25, 0.3) is 0 Å². The first-order valence-electron chi connectivity index (χ1n) is 5.85. The fraction of sp³-hybridized carbons (Fsp3) is 0.133. The van der Waals surface area contributed by atoms with E-state index in [1.807, 2.05) is 6.07 Å². The molecule has 0 atom stereocenters. The highest BCUT2D eigenvalue weighted by molar-refractivity contribution is 9.10. The molecule has 5 heteroatoms. The number of hydrogen-bond donors (Lipinski definition) is 0. The minimum atomic E-state index is -0.365. The molecule has 0 unspecified atom stereocenters. The molecule has 0 fully saturated rings. The van der Waals surface area contributed by atoms with Gasteiger partial charge in [-0.25, -0.2) is 4.79 Å². The van der Waals surface area contributed by atoms with Crippen LogP contribution in [0.3, 0.4) is 0 Å². The molecular weight excluding hydrogens is 344 g/mol. The van der Waals surface area contributed by atoms with Gasteiger partial charge in [0, 0.05) is 15.1 Å². The maximum Gasteiger partial charge on any atom is 0.337 e. The van der Waals surface area contributed by atoms with E-state index in [0.717, 1.165) is 15.8 Å². The lowest BCUT2D eigenvalue weighted by Crippen LogP contribution is -2.03. The molecule has 104 valence electrons. The third-order valence-electron chi connectivity index (χ3n) is 2.68. The Balaban J connectivity index is 2.06. The van der Waals surface area contributed by atoms with Crippen LogP contribution in [0.15, 0.2) is 46.9 Å². The number of esters is 1. The fourth-order valence-corrected chi connectivity index (χ4v) is 2.22. The van der Waals surface area contributed by atoms with Crippen LogP contribution in [0.2, 0.25) is 5.02 Å². The lowest BCUT2D eigenvalue weighted by molar-refractivity contribution is 0.0600. The van der Waals surface area contributed by atoms with Crippen LogP contribution in [-0.4, -0.2) is 13.1 Å². The molecule has 0 aliphatic rings. The normalized spacial score (nSPS) is 10.2. The molecule has 0 aliphatic carbocycles. The number of rotatable bonds is 4. The molecule has 3 nitrogen and oxygen atoms in total. The first kappa shape index (κ1) is 14.9. The van der Waals surface area contributed by atoms with E-state index in [2.05, 4.69) is 20.7 Å². The zero-order valence-electron chi connectivity index (χ0n) is 10.7. The molecule has 0 N–H and O–H groups in total. The summed E-state index contributed by atoms with van der Waals surface area (Å²) < 4.78 is 11.1. The number of methoxy groups -OCH3 is 1. The van der Waals surface area contributed by atoms with Gasteiger partial charge in [0.1, 0.15) is 12.4 Å². The number of ether oxygens (including phenoxy) is 2. The zero-order chi connectivity index (χ0) is 14.5. The molecule has 20 heavy (non-hydrogen) atoms. The fourth-order valence-electron chi connectivity index (χ4n) is 1.60. The number of carbonyl (C=O) groups is 1. The van der Waals surface area contributed by atoms with Crippen molar-refractivity contribution in [3.63, 3.8) is 0 Å². The Kier molecular flexibility index (Phi) is 5.04. The Morgan fingerprint density at radius 2 is 1.90 bits per heavy atom. The molecule has 0 bridgehead atoms. The highest BCUT2D eigenvalue weighted by Gasteiger charge is 2.08. The van der Waals surface area contributed by atoms with Crippen molar-refractivity contribution in [1.29, 1.82) is 0 Å². The number of carbonyl (C=O) groups excluding carboxylic acids is 1. The van der Waals surface area contributed by atoms with Crippen LogP contribution in [0.25, 0.3) is 0 Å². The van der Waals surface area contributed by atoms with Crippen LogP contribution < -0.4 is 4.74 Å². The van der Waals surface area contributed by atoms with E-state index in [0.29, 0.717) is 17.2 Å². The van der Waals surface area contributed by atoms with Gasteiger partial charge in [-0.1, -0.05) is 33.6 Å². The zero-order valence-corrected chi connectivity index (χ0v) is 13.1. The molecule has 0 saturated heterocycles. The number of halogens is 2. The topological polar surface area (TPSA) is 35.5 Å². The monoisotopic (exact) mass is 354 g/mol. The Labute approximate surface area is 130 Å². The number of hydrogen-bond acceptors (Lipinski definition) is 3. The second kappa shape index (κ2) is 6.77. The van der Waals surface area contributed by atoms with Gasteiger partial charge in [-0.3, -0.25) is 0 Å². The number of benzene rings is 2. The first-order chi connectivity index (χ1) is 9.60. The molecule has 0 radical (unpaired) electrons. The molecule has 0 spiro atoms. The quantitative estimate of drug-likeness (QED) is 0.759. The van der Waals surface area contributed by atoms with Gasteiger partial charge < -0.3 is 9.47 Å². The van der Waals surface area contributed by atoms with Crippen molar-refractivity contribution in [2.45, 2.75) is 6.61 Å². The lowest BCUT2D eigenvalue weighted by atomic mass is 10.1. The van der Waals surface area contributed by atoms with Crippen molar-refractivity contribution < 1.29 is 14.3 Å². The van der Waals surface area contributed by atoms with Crippen molar-refractivity contribution >= 4 is 33.5 Å². The summed E-state index contributed by atoms with van der Waals surface area (Å²) in [4.78, 5) is 11.4. The van der Waals surface area contributed by atoms with E-state index in [1.54, 1.807) is 36.4 Å². The van der Waals surface area contributed by atoms with Gasteiger partial charge in [-0.15, -0.1) is 0 Å². The van der Waals surface area contributed by atoms with Crippen LogP contribution >= 0.6 is 27.5 Å². The van der Waals surface area contributed by atoms with Crippen molar-refractivity contribution in [1.82, 2.24) is 0 Å². The third-order valence-corrected chi connectivity index (χ3v) is 3.67. The van der Waals surface area contributed by atoms with Crippen LogP contribution in [0.1, 0.15) is 15.9 Å². The average molecular weight is 356 g/mol. The molecule has 0 aromatic heterocycles. The molecule has 0 aliphatic heterocycles. The van der Waals surface area contributed by atoms with Gasteiger partial charge in [0.05, 0.1) is 12.7 Å². The predicted molar refractivity (Wildman–Crippen MR) is 81.3 cm³/mol. The Morgan fingerprint density at radius 1 is 1.20 bits per heavy atom. The van der Waals surface area contributed by atoms with Crippen LogP contribution in [0, 0.1) is 0 Å². The third kappa shape index (κ3) is 3.74. The summed E-state index contributed by atoms with van der Waals surface area (Å²) in [7, 11) is 1.35. The maximum absolute atomic E-state index is 11.4. The Morgan fingerprint density at radius 3 is 2.50 bits per heavy atom. The van der Waals surface area contributed by atoms with Crippen LogP contribution in [-0.2, 0) is 11.3 Å².